The predicted octanol–water partition coefficient (Wildman–Crippen LogP) is 7.26. The van der Waals surface area contributed by atoms with Crippen LogP contribution in [0.5, 0.6) is 0 Å². The highest BCUT2D eigenvalue weighted by molar-refractivity contribution is 7.89. The number of hydrogen-bond donors (Lipinski definition) is 3. The zero-order chi connectivity index (χ0) is 41.4. The Bertz CT molecular complexity index is 2240. The lowest BCUT2D eigenvalue weighted by Crippen LogP contribution is -2.47. The van der Waals surface area contributed by atoms with Crippen LogP contribution in [0.1, 0.15) is 65.5 Å². The quantitative estimate of drug-likeness (QED) is 0.0951. The smallest absolute Gasteiger partial charge is 0.241 e. The molecule has 0 aliphatic carbocycles. The number of carbonyl (C=O) groups excluding carboxylic acids is 1. The summed E-state index contributed by atoms with van der Waals surface area (Å²) >= 11 is 0. The van der Waals surface area contributed by atoms with E-state index in [1.807, 2.05) is 110 Å². The highest BCUT2D eigenvalue weighted by Gasteiger charge is 2.40. The molecule has 5 aromatic rings. The predicted molar refractivity (Wildman–Crippen MR) is 229 cm³/mol. The van der Waals surface area contributed by atoms with Crippen LogP contribution in [0.2, 0.25) is 0 Å². The van der Waals surface area contributed by atoms with Crippen LogP contribution in [0.15, 0.2) is 132 Å². The fraction of sp³-hybridized carbons (Fsp3) is 0.354. The van der Waals surface area contributed by atoms with Crippen LogP contribution in [0, 0.1) is 12.8 Å². The molecule has 0 spiro atoms. The van der Waals surface area contributed by atoms with E-state index >= 15 is 0 Å². The summed E-state index contributed by atoms with van der Waals surface area (Å²) in [5.41, 5.74) is 7.35. The maximum atomic E-state index is 13.8. The number of nitrogens with one attached hydrogen (secondary N) is 2. The molecular formula is C48H55N3O7S. The Labute approximate surface area is 348 Å². The number of amides is 1. The minimum absolute atomic E-state index is 0.0156. The van der Waals surface area contributed by atoms with Crippen LogP contribution in [0.4, 0.5) is 0 Å². The molecule has 0 unspecified atom stereocenters. The van der Waals surface area contributed by atoms with Crippen molar-refractivity contribution in [1.29, 1.82) is 0 Å². The number of hydrogen-bond acceptors (Lipinski definition) is 8. The fourth-order valence-electron chi connectivity index (χ4n) is 8.17. The van der Waals surface area contributed by atoms with Gasteiger partial charge in [-0.2, -0.15) is 4.72 Å². The van der Waals surface area contributed by atoms with Gasteiger partial charge in [0.05, 0.1) is 30.3 Å². The first-order chi connectivity index (χ1) is 28.6. The van der Waals surface area contributed by atoms with Crippen LogP contribution in [0.25, 0.3) is 11.1 Å². The van der Waals surface area contributed by atoms with Gasteiger partial charge in [0.15, 0.2) is 6.29 Å². The molecule has 1 amide bonds. The summed E-state index contributed by atoms with van der Waals surface area (Å²) in [4.78, 5) is 16.4. The third kappa shape index (κ3) is 10.5. The summed E-state index contributed by atoms with van der Waals surface area (Å²) in [6.45, 7) is 6.74. The van der Waals surface area contributed by atoms with Crippen LogP contribution >= 0.6 is 0 Å². The lowest BCUT2D eigenvalue weighted by molar-refractivity contribution is -0.276. The summed E-state index contributed by atoms with van der Waals surface area (Å²) in [6.07, 6.45) is 1.52. The number of aliphatic hydroxyl groups excluding tert-OH is 1. The lowest BCUT2D eigenvalue weighted by Gasteiger charge is -2.43. The molecule has 310 valence electrons. The molecule has 5 aromatic carbocycles. The molecular weight excluding hydrogens is 763 g/mol. The molecule has 2 aliphatic rings. The van der Waals surface area contributed by atoms with Crippen LogP contribution in [-0.4, -0.2) is 69.3 Å². The van der Waals surface area contributed by atoms with E-state index in [-0.39, 0.29) is 42.6 Å². The van der Waals surface area contributed by atoms with Crippen molar-refractivity contribution >= 4 is 15.9 Å². The van der Waals surface area contributed by atoms with Crippen molar-refractivity contribution in [3.63, 3.8) is 0 Å². The third-order valence-corrected chi connectivity index (χ3v) is 13.1. The maximum Gasteiger partial charge on any atom is 0.241 e. The normalized spacial score (nSPS) is 21.6. The summed E-state index contributed by atoms with van der Waals surface area (Å²) in [6, 6.07) is 39.3. The second-order valence-corrected chi connectivity index (χ2v) is 17.5. The second kappa shape index (κ2) is 19.6. The van der Waals surface area contributed by atoms with Gasteiger partial charge in [-0.15, -0.1) is 0 Å². The van der Waals surface area contributed by atoms with Crippen molar-refractivity contribution in [3.05, 3.63) is 161 Å². The number of ether oxygens (including phenoxy) is 3. The number of rotatable bonds is 16. The monoisotopic (exact) mass is 817 g/mol. The average molecular weight is 818 g/mol. The van der Waals surface area contributed by atoms with Gasteiger partial charge in [-0.3, -0.25) is 9.69 Å². The van der Waals surface area contributed by atoms with Crippen molar-refractivity contribution in [2.45, 2.75) is 81.7 Å². The van der Waals surface area contributed by atoms with Crippen molar-refractivity contribution in [3.8, 4) is 11.1 Å². The Kier molecular flexibility index (Phi) is 14.1. The molecule has 2 fully saturated rings. The van der Waals surface area contributed by atoms with E-state index in [0.717, 1.165) is 70.4 Å². The van der Waals surface area contributed by atoms with E-state index < -0.39 is 28.3 Å². The Morgan fingerprint density at radius 3 is 2.27 bits per heavy atom. The fourth-order valence-corrected chi connectivity index (χ4v) is 9.36. The Balaban J connectivity index is 1.08. The van der Waals surface area contributed by atoms with Gasteiger partial charge in [-0.25, -0.2) is 8.42 Å². The van der Waals surface area contributed by atoms with E-state index in [2.05, 4.69) is 21.9 Å². The van der Waals surface area contributed by atoms with Gasteiger partial charge in [0.2, 0.25) is 15.9 Å². The first kappa shape index (κ1) is 42.4. The minimum atomic E-state index is -3.98. The standard InChI is InChI=1S/C48H55N3O7S/c1-33-15-25-42(26-16-33)59(54,55)50-44(28-35-10-5-4-6-11-35)47(53)49-29-40-12-7-8-14-43(40)37-21-23-39(24-22-37)48-57-45(30-51-27-9-13-41(51)32-56-3)34(2)46(58-48)38-19-17-36(31-52)18-20-38/h4-8,10-12,14-26,34,41,44-46,48,50,52H,9,13,27-32H2,1-3H3,(H,49,53)/t34-,41-,44+,45+,46+,48+/m0/s1. The molecule has 0 aromatic heterocycles. The number of methoxy groups -OCH3 is 1. The number of carbonyl (C=O) groups is 1. The van der Waals surface area contributed by atoms with Gasteiger partial charge < -0.3 is 24.6 Å². The summed E-state index contributed by atoms with van der Waals surface area (Å²) < 4.78 is 48.7. The number of nitrogens with zero attached hydrogens (tertiary/aromatic N) is 1. The highest BCUT2D eigenvalue weighted by atomic mass is 32.2. The van der Waals surface area contributed by atoms with Gasteiger partial charge in [-0.05, 0) is 78.2 Å². The van der Waals surface area contributed by atoms with E-state index in [0.29, 0.717) is 12.6 Å². The maximum absolute atomic E-state index is 13.8. The SMILES string of the molecule is COC[C@@H]1CCCN1C[C@H]1O[C@@H](c2ccc(-c3ccccc3CNC(=O)[C@@H](Cc3ccccc3)NS(=O)(=O)c3ccc(C)cc3)cc2)O[C@@H](c2ccc(CO)cc2)[C@H]1C. The van der Waals surface area contributed by atoms with E-state index in [4.69, 9.17) is 14.2 Å². The zero-order valence-electron chi connectivity index (χ0n) is 34.0. The van der Waals surface area contributed by atoms with Crippen molar-refractivity contribution in [2.75, 3.05) is 26.8 Å². The second-order valence-electron chi connectivity index (χ2n) is 15.7. The molecule has 10 nitrogen and oxygen atoms in total. The van der Waals surface area contributed by atoms with Crippen molar-refractivity contribution in [1.82, 2.24) is 14.9 Å². The number of aryl methyl sites for hydroxylation is 1. The van der Waals surface area contributed by atoms with E-state index in [1.54, 1.807) is 31.4 Å². The van der Waals surface area contributed by atoms with Crippen molar-refractivity contribution in [2.24, 2.45) is 5.92 Å². The molecule has 11 heteroatoms. The van der Waals surface area contributed by atoms with Crippen LogP contribution < -0.4 is 10.0 Å². The van der Waals surface area contributed by atoms with Crippen LogP contribution in [0.3, 0.4) is 0 Å². The lowest BCUT2D eigenvalue weighted by atomic mass is 9.89. The number of benzene rings is 5. The van der Waals surface area contributed by atoms with Gasteiger partial charge in [0.1, 0.15) is 6.04 Å². The topological polar surface area (TPSA) is 126 Å². The molecule has 7 rings (SSSR count). The number of aliphatic hydroxyl groups is 1. The number of sulfonamides is 1. The van der Waals surface area contributed by atoms with Crippen molar-refractivity contribution < 1.29 is 32.5 Å². The molecule has 6 atom stereocenters. The summed E-state index contributed by atoms with van der Waals surface area (Å²) in [5, 5.41) is 12.7. The molecule has 0 radical (unpaired) electrons. The first-order valence-corrected chi connectivity index (χ1v) is 21.9. The Morgan fingerprint density at radius 2 is 1.56 bits per heavy atom. The van der Waals surface area contributed by atoms with Crippen LogP contribution in [-0.2, 0) is 48.6 Å². The Hall–Kier alpha value is -4.72. The first-order valence-electron chi connectivity index (χ1n) is 20.4. The molecule has 59 heavy (non-hydrogen) atoms. The molecule has 2 aliphatic heterocycles. The molecule has 3 N–H and O–H groups in total. The molecule has 0 bridgehead atoms. The summed E-state index contributed by atoms with van der Waals surface area (Å²) in [5.74, 6) is -0.352. The third-order valence-electron chi connectivity index (χ3n) is 11.6. The number of likely N-dealkylation sites (tertiary alicyclic amines) is 1. The van der Waals surface area contributed by atoms with Gasteiger partial charge in [0.25, 0.3) is 0 Å². The van der Waals surface area contributed by atoms with Gasteiger partial charge in [-0.1, -0.05) is 128 Å². The largest absolute Gasteiger partial charge is 0.392 e. The molecule has 2 heterocycles. The summed E-state index contributed by atoms with van der Waals surface area (Å²) in [7, 11) is -2.22. The Morgan fingerprint density at radius 1 is 0.864 bits per heavy atom. The van der Waals surface area contributed by atoms with E-state index in [1.165, 1.54) is 0 Å². The zero-order valence-corrected chi connectivity index (χ0v) is 34.8. The minimum Gasteiger partial charge on any atom is -0.392 e. The molecule has 0 saturated carbocycles. The molecule has 2 saturated heterocycles. The van der Waals surface area contributed by atoms with Gasteiger partial charge >= 0.3 is 0 Å². The highest BCUT2D eigenvalue weighted by Crippen LogP contribution is 2.42. The van der Waals surface area contributed by atoms with Gasteiger partial charge in [0, 0.05) is 37.7 Å². The average Bonchev–Trinajstić information content (AvgIpc) is 3.70. The van der Waals surface area contributed by atoms with E-state index in [9.17, 15) is 18.3 Å².